The summed E-state index contributed by atoms with van der Waals surface area (Å²) in [5.41, 5.74) is 1.95. The van der Waals surface area contributed by atoms with E-state index < -0.39 is 5.97 Å². The van der Waals surface area contributed by atoms with Crippen LogP contribution in [0, 0.1) is 6.92 Å². The minimum Gasteiger partial charge on any atom is -0.545 e. The summed E-state index contributed by atoms with van der Waals surface area (Å²) in [5, 5.41) is 10.7. The highest BCUT2D eigenvalue weighted by atomic mass is 16.4. The predicted octanol–water partition coefficient (Wildman–Crippen LogP) is 0.425. The standard InChI is InChI=1S/C10H13NO2/c1-7-4-5-8(10(12)13)9(6-7)11(2)3/h4-6H,1-3H3,(H,12,13)/p-1. The Hall–Kier alpha value is -1.51. The van der Waals surface area contributed by atoms with Crippen molar-refractivity contribution in [1.82, 2.24) is 0 Å². The van der Waals surface area contributed by atoms with Crippen LogP contribution < -0.4 is 10.0 Å². The first-order valence-corrected chi connectivity index (χ1v) is 4.01. The van der Waals surface area contributed by atoms with Crippen LogP contribution in [0.3, 0.4) is 0 Å². The molecular formula is C10H12NO2-. The molecule has 0 bridgehead atoms. The molecule has 0 N–H and O–H groups in total. The van der Waals surface area contributed by atoms with Crippen molar-refractivity contribution >= 4 is 11.7 Å². The lowest BCUT2D eigenvalue weighted by atomic mass is 10.1. The van der Waals surface area contributed by atoms with Gasteiger partial charge < -0.3 is 14.8 Å². The summed E-state index contributed by atoms with van der Waals surface area (Å²) in [6, 6.07) is 5.16. The zero-order chi connectivity index (χ0) is 10.0. The number of nitrogens with zero attached hydrogens (tertiary/aromatic N) is 1. The van der Waals surface area contributed by atoms with Crippen molar-refractivity contribution in [3.8, 4) is 0 Å². The Morgan fingerprint density at radius 1 is 1.38 bits per heavy atom. The number of carboxylic acids is 1. The maximum Gasteiger partial charge on any atom is 0.0736 e. The molecule has 0 aromatic heterocycles. The Morgan fingerprint density at radius 2 is 2.00 bits per heavy atom. The molecule has 13 heavy (non-hydrogen) atoms. The predicted molar refractivity (Wildman–Crippen MR) is 49.8 cm³/mol. The summed E-state index contributed by atoms with van der Waals surface area (Å²) >= 11 is 0. The van der Waals surface area contributed by atoms with Crippen molar-refractivity contribution in [3.63, 3.8) is 0 Å². The third-order valence-electron chi connectivity index (χ3n) is 1.85. The van der Waals surface area contributed by atoms with E-state index in [2.05, 4.69) is 0 Å². The van der Waals surface area contributed by atoms with E-state index in [0.29, 0.717) is 5.69 Å². The molecule has 3 heteroatoms. The smallest absolute Gasteiger partial charge is 0.0736 e. The number of carbonyl (C=O) groups is 1. The summed E-state index contributed by atoms with van der Waals surface area (Å²) in [6.07, 6.45) is 0. The van der Waals surface area contributed by atoms with Crippen molar-refractivity contribution in [1.29, 1.82) is 0 Å². The zero-order valence-electron chi connectivity index (χ0n) is 8.00. The summed E-state index contributed by atoms with van der Waals surface area (Å²) in [7, 11) is 3.61. The highest BCUT2D eigenvalue weighted by molar-refractivity contribution is 5.93. The van der Waals surface area contributed by atoms with Gasteiger partial charge in [0.1, 0.15) is 0 Å². The number of hydrogen-bond donors (Lipinski definition) is 0. The lowest BCUT2D eigenvalue weighted by molar-refractivity contribution is -0.254. The molecule has 0 aliphatic rings. The lowest BCUT2D eigenvalue weighted by Gasteiger charge is -2.18. The molecule has 0 amide bonds. The summed E-state index contributed by atoms with van der Waals surface area (Å²) in [4.78, 5) is 12.5. The van der Waals surface area contributed by atoms with Gasteiger partial charge in [0.2, 0.25) is 0 Å². The molecule has 0 atom stereocenters. The fourth-order valence-electron chi connectivity index (χ4n) is 1.18. The maximum atomic E-state index is 10.7. The maximum absolute atomic E-state index is 10.7. The van der Waals surface area contributed by atoms with Crippen molar-refractivity contribution in [3.05, 3.63) is 29.3 Å². The Kier molecular flexibility index (Phi) is 2.56. The van der Waals surface area contributed by atoms with E-state index in [1.165, 1.54) is 0 Å². The average Bonchev–Trinajstić information content (AvgIpc) is 2.03. The zero-order valence-corrected chi connectivity index (χ0v) is 8.00. The van der Waals surface area contributed by atoms with Crippen LogP contribution in [-0.2, 0) is 0 Å². The topological polar surface area (TPSA) is 43.4 Å². The van der Waals surface area contributed by atoms with Gasteiger partial charge in [-0.2, -0.15) is 0 Å². The molecule has 0 aliphatic heterocycles. The van der Waals surface area contributed by atoms with E-state index in [9.17, 15) is 9.90 Å². The van der Waals surface area contributed by atoms with Gasteiger partial charge >= 0.3 is 0 Å². The van der Waals surface area contributed by atoms with Gasteiger partial charge in [0, 0.05) is 25.3 Å². The summed E-state index contributed by atoms with van der Waals surface area (Å²) < 4.78 is 0. The molecule has 0 fully saturated rings. The number of rotatable bonds is 2. The number of aromatic carboxylic acids is 1. The number of aryl methyl sites for hydroxylation is 1. The van der Waals surface area contributed by atoms with Gasteiger partial charge in [-0.1, -0.05) is 12.1 Å². The molecule has 70 valence electrons. The van der Waals surface area contributed by atoms with Gasteiger partial charge in [0.05, 0.1) is 5.97 Å². The van der Waals surface area contributed by atoms with E-state index in [1.807, 2.05) is 13.0 Å². The number of anilines is 1. The van der Waals surface area contributed by atoms with Crippen molar-refractivity contribution in [2.24, 2.45) is 0 Å². The second-order valence-electron chi connectivity index (χ2n) is 3.20. The van der Waals surface area contributed by atoms with Gasteiger partial charge in [-0.3, -0.25) is 0 Å². The first-order chi connectivity index (χ1) is 6.02. The Morgan fingerprint density at radius 3 is 2.46 bits per heavy atom. The number of benzene rings is 1. The van der Waals surface area contributed by atoms with Crippen LogP contribution in [-0.4, -0.2) is 20.1 Å². The normalized spacial score (nSPS) is 9.77. The fourth-order valence-corrected chi connectivity index (χ4v) is 1.18. The van der Waals surface area contributed by atoms with E-state index in [-0.39, 0.29) is 5.56 Å². The van der Waals surface area contributed by atoms with E-state index >= 15 is 0 Å². The van der Waals surface area contributed by atoms with E-state index in [1.54, 1.807) is 31.1 Å². The molecular weight excluding hydrogens is 166 g/mol. The molecule has 1 aromatic carbocycles. The van der Waals surface area contributed by atoms with E-state index in [0.717, 1.165) is 5.56 Å². The second kappa shape index (κ2) is 3.47. The summed E-state index contributed by atoms with van der Waals surface area (Å²) in [6.45, 7) is 1.92. The first kappa shape index (κ1) is 9.58. The Labute approximate surface area is 77.6 Å². The van der Waals surface area contributed by atoms with Crippen LogP contribution in [0.15, 0.2) is 18.2 Å². The molecule has 1 aromatic rings. The second-order valence-corrected chi connectivity index (χ2v) is 3.20. The van der Waals surface area contributed by atoms with Crippen molar-refractivity contribution in [2.75, 3.05) is 19.0 Å². The molecule has 0 heterocycles. The van der Waals surface area contributed by atoms with Gasteiger partial charge in [0.25, 0.3) is 0 Å². The molecule has 0 radical (unpaired) electrons. The highest BCUT2D eigenvalue weighted by Crippen LogP contribution is 2.19. The third kappa shape index (κ3) is 1.99. The van der Waals surface area contributed by atoms with Crippen molar-refractivity contribution in [2.45, 2.75) is 6.92 Å². The minimum absolute atomic E-state index is 0.232. The number of carboxylic acid groups (broad SMARTS) is 1. The number of carbonyl (C=O) groups excluding carboxylic acids is 1. The van der Waals surface area contributed by atoms with Crippen LogP contribution in [0.4, 0.5) is 5.69 Å². The van der Waals surface area contributed by atoms with Gasteiger partial charge in [-0.15, -0.1) is 0 Å². The molecule has 3 nitrogen and oxygen atoms in total. The van der Waals surface area contributed by atoms with Gasteiger partial charge in [-0.25, -0.2) is 0 Å². The lowest BCUT2D eigenvalue weighted by Crippen LogP contribution is -2.25. The summed E-state index contributed by atoms with van der Waals surface area (Å²) in [5.74, 6) is -1.14. The fraction of sp³-hybridized carbons (Fsp3) is 0.300. The molecule has 0 saturated carbocycles. The van der Waals surface area contributed by atoms with E-state index in [4.69, 9.17) is 0 Å². The van der Waals surface area contributed by atoms with Crippen LogP contribution in [0.1, 0.15) is 15.9 Å². The Bertz CT molecular complexity index is 332. The Balaban J connectivity index is 3.26. The number of hydrogen-bond acceptors (Lipinski definition) is 3. The molecule has 0 saturated heterocycles. The quantitative estimate of drug-likeness (QED) is 0.659. The molecule has 0 aliphatic carbocycles. The molecule has 0 spiro atoms. The van der Waals surface area contributed by atoms with Gasteiger partial charge in [0.15, 0.2) is 0 Å². The van der Waals surface area contributed by atoms with Gasteiger partial charge in [-0.05, 0) is 18.6 Å². The molecule has 1 rings (SSSR count). The molecule has 0 unspecified atom stereocenters. The van der Waals surface area contributed by atoms with Crippen molar-refractivity contribution < 1.29 is 9.90 Å². The third-order valence-corrected chi connectivity index (χ3v) is 1.85. The minimum atomic E-state index is -1.14. The largest absolute Gasteiger partial charge is 0.545 e. The highest BCUT2D eigenvalue weighted by Gasteiger charge is 2.04. The van der Waals surface area contributed by atoms with Crippen LogP contribution in [0.5, 0.6) is 0 Å². The average molecular weight is 178 g/mol. The van der Waals surface area contributed by atoms with Crippen LogP contribution in [0.2, 0.25) is 0 Å². The van der Waals surface area contributed by atoms with Crippen LogP contribution >= 0.6 is 0 Å². The monoisotopic (exact) mass is 178 g/mol. The van der Waals surface area contributed by atoms with Crippen LogP contribution in [0.25, 0.3) is 0 Å². The first-order valence-electron chi connectivity index (χ1n) is 4.01. The SMILES string of the molecule is Cc1ccc(C(=O)[O-])c(N(C)C)c1.